The Balaban J connectivity index is 1.51. The number of para-hydroxylation sites is 1. The fourth-order valence-corrected chi connectivity index (χ4v) is 3.39. The van der Waals surface area contributed by atoms with E-state index in [1.54, 1.807) is 47.5 Å². The highest BCUT2D eigenvalue weighted by Crippen LogP contribution is 2.33. The molecule has 0 N–H and O–H groups in total. The summed E-state index contributed by atoms with van der Waals surface area (Å²) in [5, 5.41) is 4.09. The van der Waals surface area contributed by atoms with E-state index in [0.29, 0.717) is 18.8 Å². The summed E-state index contributed by atoms with van der Waals surface area (Å²) >= 11 is 0. The number of rotatable bonds is 5. The predicted molar refractivity (Wildman–Crippen MR) is 99.3 cm³/mol. The second-order valence-corrected chi connectivity index (χ2v) is 6.66. The Kier molecular flexibility index (Phi) is 5.27. The molecular formula is C20H20FN5O2. The van der Waals surface area contributed by atoms with E-state index in [0.717, 1.165) is 12.8 Å². The second kappa shape index (κ2) is 8.16. The lowest BCUT2D eigenvalue weighted by molar-refractivity contribution is -0.133. The Morgan fingerprint density at radius 1 is 1.18 bits per heavy atom. The van der Waals surface area contributed by atoms with Crippen LogP contribution in [0.25, 0.3) is 0 Å². The van der Waals surface area contributed by atoms with Crippen molar-refractivity contribution in [1.82, 2.24) is 24.6 Å². The minimum Gasteiger partial charge on any atom is -0.434 e. The van der Waals surface area contributed by atoms with Gasteiger partial charge in [0, 0.05) is 43.8 Å². The number of carbonyl (C=O) groups is 1. The minimum absolute atomic E-state index is 0.00821. The summed E-state index contributed by atoms with van der Waals surface area (Å²) in [6, 6.07) is 7.98. The molecule has 1 atom stereocenters. The van der Waals surface area contributed by atoms with Gasteiger partial charge in [0.2, 0.25) is 11.8 Å². The Morgan fingerprint density at radius 2 is 2.04 bits per heavy atom. The van der Waals surface area contributed by atoms with E-state index < -0.39 is 5.82 Å². The van der Waals surface area contributed by atoms with E-state index in [-0.39, 0.29) is 30.0 Å². The Labute approximate surface area is 161 Å². The van der Waals surface area contributed by atoms with Gasteiger partial charge < -0.3 is 9.64 Å². The largest absolute Gasteiger partial charge is 0.434 e. The number of amides is 1. The summed E-state index contributed by atoms with van der Waals surface area (Å²) in [5.41, 5.74) is 0.641. The first-order valence-electron chi connectivity index (χ1n) is 9.19. The van der Waals surface area contributed by atoms with E-state index >= 15 is 0 Å². The average Bonchev–Trinajstić information content (AvgIpc) is 3.23. The standard InChI is InChI=1S/C20H20FN5O2/c21-16-6-1-2-7-17(16)28-20-19(22-9-10-23-20)15-5-3-11-25(13-15)18(27)14-26-12-4-8-24-26/h1-2,4,6-10,12,15H,3,5,11,13-14H2. The van der Waals surface area contributed by atoms with Crippen LogP contribution in [0.3, 0.4) is 0 Å². The third-order valence-corrected chi connectivity index (χ3v) is 4.75. The zero-order valence-electron chi connectivity index (χ0n) is 15.2. The number of carbonyl (C=O) groups excluding carboxylic acids is 1. The van der Waals surface area contributed by atoms with Crippen molar-refractivity contribution in [1.29, 1.82) is 0 Å². The molecule has 1 saturated heterocycles. The Morgan fingerprint density at radius 3 is 2.86 bits per heavy atom. The van der Waals surface area contributed by atoms with Crippen LogP contribution in [0.2, 0.25) is 0 Å². The molecule has 1 aromatic carbocycles. The van der Waals surface area contributed by atoms with Crippen LogP contribution in [0.4, 0.5) is 4.39 Å². The van der Waals surface area contributed by atoms with Crippen molar-refractivity contribution in [3.05, 3.63) is 66.6 Å². The molecule has 3 aromatic rings. The zero-order valence-corrected chi connectivity index (χ0v) is 15.2. The summed E-state index contributed by atoms with van der Waals surface area (Å²) in [6.07, 6.45) is 8.24. The molecule has 2 aromatic heterocycles. The van der Waals surface area contributed by atoms with Crippen molar-refractivity contribution >= 4 is 5.91 Å². The molecule has 144 valence electrons. The highest BCUT2D eigenvalue weighted by Gasteiger charge is 2.28. The maximum atomic E-state index is 14.0. The second-order valence-electron chi connectivity index (χ2n) is 6.66. The van der Waals surface area contributed by atoms with Crippen LogP contribution >= 0.6 is 0 Å². The lowest BCUT2D eigenvalue weighted by Gasteiger charge is -2.32. The molecule has 1 fully saturated rings. The molecule has 8 heteroatoms. The summed E-state index contributed by atoms with van der Waals surface area (Å²) < 4.78 is 21.3. The van der Waals surface area contributed by atoms with Crippen molar-refractivity contribution in [3.63, 3.8) is 0 Å². The molecule has 0 aliphatic carbocycles. The number of likely N-dealkylation sites (tertiary alicyclic amines) is 1. The van der Waals surface area contributed by atoms with Crippen LogP contribution in [-0.2, 0) is 11.3 Å². The van der Waals surface area contributed by atoms with Crippen LogP contribution < -0.4 is 4.74 Å². The maximum Gasteiger partial charge on any atom is 0.244 e. The number of nitrogens with zero attached hydrogens (tertiary/aromatic N) is 5. The van der Waals surface area contributed by atoms with Crippen molar-refractivity contribution < 1.29 is 13.9 Å². The Hall–Kier alpha value is -3.29. The lowest BCUT2D eigenvalue weighted by atomic mass is 9.94. The molecule has 28 heavy (non-hydrogen) atoms. The molecule has 0 saturated carbocycles. The van der Waals surface area contributed by atoms with Gasteiger partial charge in [-0.1, -0.05) is 12.1 Å². The van der Waals surface area contributed by atoms with Gasteiger partial charge in [0.05, 0.1) is 0 Å². The third-order valence-electron chi connectivity index (χ3n) is 4.75. The number of benzene rings is 1. The summed E-state index contributed by atoms with van der Waals surface area (Å²) in [7, 11) is 0. The molecule has 0 bridgehead atoms. The number of hydrogen-bond acceptors (Lipinski definition) is 5. The first-order chi connectivity index (χ1) is 13.7. The molecule has 0 radical (unpaired) electrons. The molecule has 3 heterocycles. The fraction of sp³-hybridized carbons (Fsp3) is 0.300. The van der Waals surface area contributed by atoms with Gasteiger partial charge in [-0.3, -0.25) is 14.5 Å². The van der Waals surface area contributed by atoms with Crippen molar-refractivity contribution in [2.24, 2.45) is 0 Å². The van der Waals surface area contributed by atoms with Gasteiger partial charge in [-0.2, -0.15) is 5.10 Å². The van der Waals surface area contributed by atoms with Crippen LogP contribution in [0.15, 0.2) is 55.1 Å². The van der Waals surface area contributed by atoms with Crippen LogP contribution in [0.1, 0.15) is 24.5 Å². The van der Waals surface area contributed by atoms with Gasteiger partial charge in [-0.15, -0.1) is 0 Å². The molecular weight excluding hydrogens is 361 g/mol. The molecule has 7 nitrogen and oxygen atoms in total. The monoisotopic (exact) mass is 381 g/mol. The van der Waals surface area contributed by atoms with Gasteiger partial charge in [-0.05, 0) is 31.0 Å². The fourth-order valence-electron chi connectivity index (χ4n) is 3.39. The molecule has 1 aliphatic heterocycles. The van der Waals surface area contributed by atoms with Crippen molar-refractivity contribution in [3.8, 4) is 11.6 Å². The average molecular weight is 381 g/mol. The number of piperidine rings is 1. The number of hydrogen-bond donors (Lipinski definition) is 0. The van der Waals surface area contributed by atoms with Crippen molar-refractivity contribution in [2.45, 2.75) is 25.3 Å². The zero-order chi connectivity index (χ0) is 19.3. The van der Waals surface area contributed by atoms with Crippen LogP contribution in [0.5, 0.6) is 11.6 Å². The van der Waals surface area contributed by atoms with Gasteiger partial charge >= 0.3 is 0 Å². The smallest absolute Gasteiger partial charge is 0.244 e. The van der Waals surface area contributed by atoms with E-state index in [2.05, 4.69) is 15.1 Å². The van der Waals surface area contributed by atoms with Crippen LogP contribution in [-0.4, -0.2) is 43.6 Å². The van der Waals surface area contributed by atoms with Crippen LogP contribution in [0, 0.1) is 5.82 Å². The summed E-state index contributed by atoms with van der Waals surface area (Å²) in [6.45, 7) is 1.42. The third kappa shape index (κ3) is 4.00. The van der Waals surface area contributed by atoms with E-state index in [1.165, 1.54) is 12.3 Å². The normalized spacial score (nSPS) is 16.8. The molecule has 1 aliphatic rings. The topological polar surface area (TPSA) is 73.1 Å². The van der Waals surface area contributed by atoms with Crippen molar-refractivity contribution in [2.75, 3.05) is 13.1 Å². The SMILES string of the molecule is O=C(Cn1cccn1)N1CCCC(c2nccnc2Oc2ccccc2F)C1. The van der Waals surface area contributed by atoms with E-state index in [1.807, 2.05) is 4.90 Å². The Bertz CT molecular complexity index is 947. The first-order valence-corrected chi connectivity index (χ1v) is 9.19. The molecule has 4 rings (SSSR count). The van der Waals surface area contributed by atoms with Gasteiger partial charge in [0.25, 0.3) is 0 Å². The number of ether oxygens (including phenoxy) is 1. The quantitative estimate of drug-likeness (QED) is 0.679. The molecule has 0 spiro atoms. The maximum absolute atomic E-state index is 14.0. The van der Waals surface area contributed by atoms with Gasteiger partial charge in [0.1, 0.15) is 12.2 Å². The number of aromatic nitrogens is 4. The van der Waals surface area contributed by atoms with E-state index in [4.69, 9.17) is 4.74 Å². The van der Waals surface area contributed by atoms with Gasteiger partial charge in [0.15, 0.2) is 11.6 Å². The molecule has 1 unspecified atom stereocenters. The lowest BCUT2D eigenvalue weighted by Crippen LogP contribution is -2.41. The highest BCUT2D eigenvalue weighted by molar-refractivity contribution is 5.76. The summed E-state index contributed by atoms with van der Waals surface area (Å²) in [5.74, 6) is -0.0934. The summed E-state index contributed by atoms with van der Waals surface area (Å²) in [4.78, 5) is 23.1. The predicted octanol–water partition coefficient (Wildman–Crippen LogP) is 3.01. The first kappa shape index (κ1) is 18.1. The minimum atomic E-state index is -0.459. The molecule has 1 amide bonds. The highest BCUT2D eigenvalue weighted by atomic mass is 19.1. The van der Waals surface area contributed by atoms with E-state index in [9.17, 15) is 9.18 Å². The number of halogens is 1. The van der Waals surface area contributed by atoms with Gasteiger partial charge in [-0.25, -0.2) is 9.37 Å².